The number of benzene rings is 2. The summed E-state index contributed by atoms with van der Waals surface area (Å²) in [6.45, 7) is 2.19. The van der Waals surface area contributed by atoms with Crippen LogP contribution in [0.5, 0.6) is 0 Å². The van der Waals surface area contributed by atoms with Gasteiger partial charge in [0.05, 0.1) is 16.3 Å². The van der Waals surface area contributed by atoms with Crippen LogP contribution in [-0.2, 0) is 5.41 Å². The van der Waals surface area contributed by atoms with Crippen LogP contribution in [0.2, 0.25) is 5.02 Å². The molecule has 1 heterocycles. The highest BCUT2D eigenvalue weighted by molar-refractivity contribution is 6.33. The SMILES string of the molecule is Cc1ccc(C2(CNC(=O)c3cc(-n4cc[nH]c4=O)ccc3Cl)CCC(F)(F)CC2)cc1. The molecular weight excluding hydrogens is 436 g/mol. The molecule has 1 amide bonds. The Balaban J connectivity index is 1.59. The molecule has 8 heteroatoms. The summed E-state index contributed by atoms with van der Waals surface area (Å²) in [6, 6.07) is 12.6. The van der Waals surface area contributed by atoms with E-state index in [1.807, 2.05) is 31.2 Å². The largest absolute Gasteiger partial charge is 0.351 e. The Hall–Kier alpha value is -2.93. The zero-order valence-corrected chi connectivity index (χ0v) is 18.4. The second kappa shape index (κ2) is 8.54. The van der Waals surface area contributed by atoms with Crippen LogP contribution in [-0.4, -0.2) is 27.9 Å². The monoisotopic (exact) mass is 459 g/mol. The second-order valence-corrected chi connectivity index (χ2v) is 8.89. The van der Waals surface area contributed by atoms with Gasteiger partial charge in [-0.3, -0.25) is 9.36 Å². The number of halogens is 3. The fourth-order valence-electron chi connectivity index (χ4n) is 4.27. The van der Waals surface area contributed by atoms with Crippen molar-refractivity contribution in [2.75, 3.05) is 6.54 Å². The molecule has 168 valence electrons. The Bertz CT molecular complexity index is 1170. The van der Waals surface area contributed by atoms with Gasteiger partial charge < -0.3 is 10.3 Å². The number of alkyl halides is 2. The van der Waals surface area contributed by atoms with Gasteiger partial charge in [-0.25, -0.2) is 13.6 Å². The summed E-state index contributed by atoms with van der Waals surface area (Å²) in [7, 11) is 0. The normalized spacial score (nSPS) is 17.1. The van der Waals surface area contributed by atoms with E-state index in [4.69, 9.17) is 11.6 Å². The van der Waals surface area contributed by atoms with Gasteiger partial charge in [-0.1, -0.05) is 41.4 Å². The Morgan fingerprint density at radius 1 is 1.12 bits per heavy atom. The van der Waals surface area contributed by atoms with Gasteiger partial charge in [-0.05, 0) is 43.5 Å². The third-order valence-electron chi connectivity index (χ3n) is 6.31. The van der Waals surface area contributed by atoms with E-state index >= 15 is 0 Å². The van der Waals surface area contributed by atoms with Crippen LogP contribution < -0.4 is 11.0 Å². The van der Waals surface area contributed by atoms with Gasteiger partial charge >= 0.3 is 5.69 Å². The summed E-state index contributed by atoms with van der Waals surface area (Å²) in [5, 5.41) is 3.16. The number of H-pyrrole nitrogens is 1. The van der Waals surface area contributed by atoms with Crippen molar-refractivity contribution in [3.63, 3.8) is 0 Å². The van der Waals surface area contributed by atoms with Gasteiger partial charge in [-0.15, -0.1) is 0 Å². The Labute approximate surface area is 189 Å². The molecular formula is C24H24ClF2N3O2. The number of amides is 1. The van der Waals surface area contributed by atoms with Crippen LogP contribution in [0.15, 0.2) is 59.7 Å². The number of imidazole rings is 1. The van der Waals surface area contributed by atoms with E-state index in [1.54, 1.807) is 24.4 Å². The number of rotatable bonds is 5. The molecule has 32 heavy (non-hydrogen) atoms. The first kappa shape index (κ1) is 22.3. The van der Waals surface area contributed by atoms with Crippen LogP contribution in [0.1, 0.15) is 47.2 Å². The summed E-state index contributed by atoms with van der Waals surface area (Å²) in [5.74, 6) is -3.09. The summed E-state index contributed by atoms with van der Waals surface area (Å²) in [5.41, 5.74) is 1.83. The van der Waals surface area contributed by atoms with E-state index in [1.165, 1.54) is 10.8 Å². The number of aryl methyl sites for hydroxylation is 1. The molecule has 1 saturated carbocycles. The number of nitrogens with one attached hydrogen (secondary N) is 2. The number of hydrogen-bond donors (Lipinski definition) is 2. The van der Waals surface area contributed by atoms with Gasteiger partial charge in [0, 0.05) is 37.2 Å². The third kappa shape index (κ3) is 4.48. The highest BCUT2D eigenvalue weighted by atomic mass is 35.5. The number of carbonyl (C=O) groups is 1. The van der Waals surface area contributed by atoms with Crippen molar-refractivity contribution in [2.45, 2.75) is 43.9 Å². The van der Waals surface area contributed by atoms with Crippen LogP contribution in [0.4, 0.5) is 8.78 Å². The standard InChI is InChI=1S/C24H24ClF2N3O2/c1-16-2-4-17(5-3-16)23(8-10-24(26,27)11-9-23)15-29-21(31)19-14-18(6-7-20(19)25)30-13-12-28-22(30)32/h2-7,12-14H,8-11,15H2,1H3,(H,28,32)(H,29,31). The van der Waals surface area contributed by atoms with Crippen molar-refractivity contribution in [3.8, 4) is 5.69 Å². The van der Waals surface area contributed by atoms with E-state index in [0.717, 1.165) is 11.1 Å². The molecule has 0 saturated heterocycles. The molecule has 3 aromatic rings. The first-order valence-electron chi connectivity index (χ1n) is 10.5. The molecule has 2 aromatic carbocycles. The summed E-state index contributed by atoms with van der Waals surface area (Å²) in [6.07, 6.45) is 3.17. The van der Waals surface area contributed by atoms with Gasteiger partial charge in [0.2, 0.25) is 5.92 Å². The Morgan fingerprint density at radius 3 is 2.44 bits per heavy atom. The van der Waals surface area contributed by atoms with Crippen molar-refractivity contribution in [2.24, 2.45) is 0 Å². The average Bonchev–Trinajstić information content (AvgIpc) is 3.20. The lowest BCUT2D eigenvalue weighted by molar-refractivity contribution is -0.0516. The molecule has 1 fully saturated rings. The third-order valence-corrected chi connectivity index (χ3v) is 6.64. The maximum absolute atomic E-state index is 13.9. The molecule has 0 spiro atoms. The molecule has 0 atom stereocenters. The number of aromatic amines is 1. The minimum atomic E-state index is -2.68. The highest BCUT2D eigenvalue weighted by Gasteiger charge is 2.44. The lowest BCUT2D eigenvalue weighted by Gasteiger charge is -2.41. The summed E-state index contributed by atoms with van der Waals surface area (Å²) < 4.78 is 29.2. The molecule has 4 rings (SSSR count). The molecule has 1 aliphatic carbocycles. The molecule has 0 unspecified atom stereocenters. The van der Waals surface area contributed by atoms with Crippen LogP contribution in [0.3, 0.4) is 0 Å². The van der Waals surface area contributed by atoms with Crippen LogP contribution >= 0.6 is 11.6 Å². The first-order chi connectivity index (χ1) is 15.2. The summed E-state index contributed by atoms with van der Waals surface area (Å²) in [4.78, 5) is 27.5. The van der Waals surface area contributed by atoms with Crippen molar-refractivity contribution in [3.05, 3.63) is 87.1 Å². The molecule has 5 nitrogen and oxygen atoms in total. The van der Waals surface area contributed by atoms with Crippen molar-refractivity contribution >= 4 is 17.5 Å². The van der Waals surface area contributed by atoms with Crippen molar-refractivity contribution in [1.29, 1.82) is 0 Å². The molecule has 0 aliphatic heterocycles. The van der Waals surface area contributed by atoms with Gasteiger partial charge in [-0.2, -0.15) is 0 Å². The predicted octanol–water partition coefficient (Wildman–Crippen LogP) is 5.00. The van der Waals surface area contributed by atoms with Crippen molar-refractivity contribution < 1.29 is 13.6 Å². The fraction of sp³-hybridized carbons (Fsp3) is 0.333. The van der Waals surface area contributed by atoms with Gasteiger partial charge in [0.25, 0.3) is 5.91 Å². The smallest absolute Gasteiger partial charge is 0.330 e. The number of nitrogens with zero attached hydrogens (tertiary/aromatic N) is 1. The lowest BCUT2D eigenvalue weighted by atomic mass is 9.68. The molecule has 0 radical (unpaired) electrons. The lowest BCUT2D eigenvalue weighted by Crippen LogP contribution is -2.45. The highest BCUT2D eigenvalue weighted by Crippen LogP contribution is 2.45. The molecule has 2 N–H and O–H groups in total. The minimum absolute atomic E-state index is 0.218. The first-order valence-corrected chi connectivity index (χ1v) is 10.9. The number of hydrogen-bond acceptors (Lipinski definition) is 2. The van der Waals surface area contributed by atoms with Crippen LogP contribution in [0, 0.1) is 6.92 Å². The fourth-order valence-corrected chi connectivity index (χ4v) is 4.48. The van der Waals surface area contributed by atoms with E-state index in [-0.39, 0.29) is 48.5 Å². The van der Waals surface area contributed by atoms with E-state index in [0.29, 0.717) is 5.69 Å². The maximum atomic E-state index is 13.9. The predicted molar refractivity (Wildman–Crippen MR) is 120 cm³/mol. The number of carbonyl (C=O) groups excluding carboxylic acids is 1. The van der Waals surface area contributed by atoms with Gasteiger partial charge in [0.15, 0.2) is 0 Å². The van der Waals surface area contributed by atoms with E-state index in [9.17, 15) is 18.4 Å². The Kier molecular flexibility index (Phi) is 5.95. The van der Waals surface area contributed by atoms with Gasteiger partial charge in [0.1, 0.15) is 0 Å². The van der Waals surface area contributed by atoms with Crippen molar-refractivity contribution in [1.82, 2.24) is 14.9 Å². The van der Waals surface area contributed by atoms with Crippen LogP contribution in [0.25, 0.3) is 5.69 Å². The zero-order valence-electron chi connectivity index (χ0n) is 17.6. The molecule has 0 bridgehead atoms. The summed E-state index contributed by atoms with van der Waals surface area (Å²) >= 11 is 6.27. The zero-order chi connectivity index (χ0) is 22.9. The van der Waals surface area contributed by atoms with E-state index in [2.05, 4.69) is 10.3 Å². The topological polar surface area (TPSA) is 66.9 Å². The maximum Gasteiger partial charge on any atom is 0.330 e. The second-order valence-electron chi connectivity index (χ2n) is 8.48. The minimum Gasteiger partial charge on any atom is -0.351 e. The Morgan fingerprint density at radius 2 is 1.81 bits per heavy atom. The molecule has 1 aromatic heterocycles. The molecule has 1 aliphatic rings. The number of aromatic nitrogens is 2. The average molecular weight is 460 g/mol. The van der Waals surface area contributed by atoms with E-state index < -0.39 is 17.2 Å². The quantitative estimate of drug-likeness (QED) is 0.563.